The first-order valence-electron chi connectivity index (χ1n) is 9.16. The zero-order valence-corrected chi connectivity index (χ0v) is 16.3. The van der Waals surface area contributed by atoms with Crippen LogP contribution in [-0.4, -0.2) is 50.4 Å². The van der Waals surface area contributed by atoms with Crippen LogP contribution in [0, 0.1) is 12.8 Å². The van der Waals surface area contributed by atoms with E-state index in [-0.39, 0.29) is 5.97 Å². The van der Waals surface area contributed by atoms with Crippen molar-refractivity contribution in [3.05, 3.63) is 29.4 Å². The molecule has 0 radical (unpaired) electrons. The summed E-state index contributed by atoms with van der Waals surface area (Å²) in [5.74, 6) is 1.10. The van der Waals surface area contributed by atoms with Gasteiger partial charge in [0.2, 0.25) is 0 Å². The summed E-state index contributed by atoms with van der Waals surface area (Å²) in [6.45, 7) is 6.83. The Morgan fingerprint density at radius 2 is 2.26 bits per heavy atom. The smallest absolute Gasteiger partial charge is 0.348 e. The Balaban J connectivity index is 1.63. The molecule has 27 heavy (non-hydrogen) atoms. The molecule has 0 aliphatic carbocycles. The van der Waals surface area contributed by atoms with Crippen LogP contribution in [0.1, 0.15) is 35.0 Å². The van der Waals surface area contributed by atoms with Crippen LogP contribution < -0.4 is 4.90 Å². The molecule has 0 saturated carbocycles. The Labute approximate surface area is 161 Å². The summed E-state index contributed by atoms with van der Waals surface area (Å²) in [6, 6.07) is 0. The molecule has 3 aromatic heterocycles. The highest BCUT2D eigenvalue weighted by Crippen LogP contribution is 2.36. The molecule has 3 aromatic rings. The normalized spacial score (nSPS) is 17.4. The minimum atomic E-state index is -0.286. The average Bonchev–Trinajstić information content (AvgIpc) is 3.30. The number of thiophene rings is 1. The van der Waals surface area contributed by atoms with Crippen molar-refractivity contribution in [1.29, 1.82) is 0 Å². The second-order valence-electron chi connectivity index (χ2n) is 6.73. The van der Waals surface area contributed by atoms with Gasteiger partial charge in [-0.3, -0.25) is 4.68 Å². The number of carbonyl (C=O) groups excluding carboxylic acids is 1. The summed E-state index contributed by atoms with van der Waals surface area (Å²) in [7, 11) is 0. The molecule has 1 atom stereocenters. The van der Waals surface area contributed by atoms with Gasteiger partial charge in [-0.25, -0.2) is 19.7 Å². The van der Waals surface area contributed by atoms with Crippen molar-refractivity contribution in [3.63, 3.8) is 0 Å². The van der Waals surface area contributed by atoms with E-state index in [1.807, 2.05) is 18.5 Å². The fourth-order valence-corrected chi connectivity index (χ4v) is 4.72. The van der Waals surface area contributed by atoms with Gasteiger partial charge in [-0.2, -0.15) is 5.10 Å². The quantitative estimate of drug-likeness (QED) is 0.623. The van der Waals surface area contributed by atoms with Gasteiger partial charge in [0.05, 0.1) is 12.0 Å². The molecule has 1 fully saturated rings. The van der Waals surface area contributed by atoms with Gasteiger partial charge in [0.25, 0.3) is 0 Å². The van der Waals surface area contributed by atoms with E-state index in [1.165, 1.54) is 11.3 Å². The topological polar surface area (TPSA) is 86.0 Å². The minimum absolute atomic E-state index is 0.286. The van der Waals surface area contributed by atoms with Crippen LogP contribution in [0.2, 0.25) is 0 Å². The number of carbonyl (C=O) groups is 1. The second kappa shape index (κ2) is 7.59. The first-order chi connectivity index (χ1) is 13.2. The summed E-state index contributed by atoms with van der Waals surface area (Å²) in [5.41, 5.74) is 0.905. The number of aromatic nitrogens is 5. The number of rotatable bonds is 5. The fraction of sp³-hybridized carbons (Fsp3) is 0.500. The van der Waals surface area contributed by atoms with Crippen molar-refractivity contribution < 1.29 is 9.53 Å². The lowest BCUT2D eigenvalue weighted by atomic mass is 9.97. The molecule has 1 aliphatic rings. The van der Waals surface area contributed by atoms with E-state index in [1.54, 1.807) is 19.0 Å². The van der Waals surface area contributed by atoms with Gasteiger partial charge in [-0.05, 0) is 38.2 Å². The van der Waals surface area contributed by atoms with Gasteiger partial charge < -0.3 is 9.64 Å². The summed E-state index contributed by atoms with van der Waals surface area (Å²) in [6.07, 6.45) is 7.17. The third-order valence-electron chi connectivity index (χ3n) is 4.90. The molecule has 142 valence electrons. The van der Waals surface area contributed by atoms with E-state index in [9.17, 15) is 4.79 Å². The van der Waals surface area contributed by atoms with Gasteiger partial charge >= 0.3 is 5.97 Å². The van der Waals surface area contributed by atoms with E-state index < -0.39 is 0 Å². The fourth-order valence-electron chi connectivity index (χ4n) is 3.68. The van der Waals surface area contributed by atoms with E-state index in [0.29, 0.717) is 17.4 Å². The largest absolute Gasteiger partial charge is 0.462 e. The second-order valence-corrected chi connectivity index (χ2v) is 7.72. The number of anilines is 1. The predicted molar refractivity (Wildman–Crippen MR) is 103 cm³/mol. The molecule has 0 N–H and O–H groups in total. The van der Waals surface area contributed by atoms with Gasteiger partial charge in [0.15, 0.2) is 0 Å². The zero-order valence-electron chi connectivity index (χ0n) is 15.5. The van der Waals surface area contributed by atoms with E-state index in [2.05, 4.69) is 25.0 Å². The highest BCUT2D eigenvalue weighted by molar-refractivity contribution is 7.20. The maximum Gasteiger partial charge on any atom is 0.348 e. The average molecular weight is 386 g/mol. The predicted octanol–water partition coefficient (Wildman–Crippen LogP) is 2.68. The molecule has 1 aliphatic heterocycles. The number of aryl methyl sites for hydroxylation is 1. The summed E-state index contributed by atoms with van der Waals surface area (Å²) < 4.78 is 7.08. The lowest BCUT2D eigenvalue weighted by Gasteiger charge is -2.33. The first kappa shape index (κ1) is 17.8. The Kier molecular flexibility index (Phi) is 5.02. The number of hydrogen-bond acceptors (Lipinski definition) is 8. The number of nitrogens with zero attached hydrogens (tertiary/aromatic N) is 6. The Hall–Kier alpha value is -2.55. The Bertz CT molecular complexity index is 939. The molecule has 0 bridgehead atoms. The zero-order chi connectivity index (χ0) is 18.8. The Morgan fingerprint density at radius 3 is 3.04 bits per heavy atom. The third kappa shape index (κ3) is 3.51. The molecule has 9 heteroatoms. The van der Waals surface area contributed by atoms with Crippen molar-refractivity contribution in [1.82, 2.24) is 24.7 Å². The molecule has 4 heterocycles. The summed E-state index contributed by atoms with van der Waals surface area (Å²) in [4.78, 5) is 29.0. The van der Waals surface area contributed by atoms with Crippen LogP contribution in [0.25, 0.3) is 10.2 Å². The summed E-state index contributed by atoms with van der Waals surface area (Å²) in [5, 5.41) is 5.19. The van der Waals surface area contributed by atoms with E-state index in [4.69, 9.17) is 4.74 Å². The first-order valence-corrected chi connectivity index (χ1v) is 9.97. The standard InChI is InChI=1S/C18H22N6O2S/c1-3-26-18(25)15-12(2)14-16(20-10-21-17(14)27-15)23-6-4-5-13(7-23)8-24-11-19-9-22-24/h9-11,13H,3-8H2,1-2H3. The van der Waals surface area contributed by atoms with Crippen molar-refractivity contribution >= 4 is 33.3 Å². The van der Waals surface area contributed by atoms with Gasteiger partial charge in [0, 0.05) is 19.6 Å². The van der Waals surface area contributed by atoms with Crippen molar-refractivity contribution in [2.24, 2.45) is 5.92 Å². The number of piperidine rings is 1. The third-order valence-corrected chi connectivity index (χ3v) is 6.08. The van der Waals surface area contributed by atoms with Gasteiger partial charge in [-0.15, -0.1) is 11.3 Å². The maximum absolute atomic E-state index is 12.3. The van der Waals surface area contributed by atoms with Crippen LogP contribution in [0.3, 0.4) is 0 Å². The van der Waals surface area contributed by atoms with Gasteiger partial charge in [-0.1, -0.05) is 0 Å². The summed E-state index contributed by atoms with van der Waals surface area (Å²) >= 11 is 1.38. The highest BCUT2D eigenvalue weighted by Gasteiger charge is 2.26. The van der Waals surface area contributed by atoms with Crippen molar-refractivity contribution in [3.8, 4) is 0 Å². The van der Waals surface area contributed by atoms with E-state index >= 15 is 0 Å². The lowest BCUT2D eigenvalue weighted by molar-refractivity contribution is 0.0531. The van der Waals surface area contributed by atoms with Crippen LogP contribution in [0.4, 0.5) is 5.82 Å². The highest BCUT2D eigenvalue weighted by atomic mass is 32.1. The molecule has 8 nitrogen and oxygen atoms in total. The minimum Gasteiger partial charge on any atom is -0.462 e. The molecule has 4 rings (SSSR count). The SMILES string of the molecule is CCOC(=O)c1sc2ncnc(N3CCCC(Cn4cncn4)C3)c2c1C. The maximum atomic E-state index is 12.3. The van der Waals surface area contributed by atoms with Crippen LogP contribution >= 0.6 is 11.3 Å². The molecular weight excluding hydrogens is 364 g/mol. The molecule has 0 amide bonds. The van der Waals surface area contributed by atoms with Crippen molar-refractivity contribution in [2.45, 2.75) is 33.2 Å². The Morgan fingerprint density at radius 1 is 1.37 bits per heavy atom. The van der Waals surface area contributed by atoms with Crippen LogP contribution in [0.5, 0.6) is 0 Å². The van der Waals surface area contributed by atoms with Crippen LogP contribution in [-0.2, 0) is 11.3 Å². The lowest BCUT2D eigenvalue weighted by Crippen LogP contribution is -2.37. The number of esters is 1. The molecule has 0 spiro atoms. The van der Waals surface area contributed by atoms with Crippen LogP contribution in [0.15, 0.2) is 19.0 Å². The number of fused-ring (bicyclic) bond motifs is 1. The molecule has 0 aromatic carbocycles. The number of ether oxygens (including phenoxy) is 1. The monoisotopic (exact) mass is 386 g/mol. The van der Waals surface area contributed by atoms with Crippen molar-refractivity contribution in [2.75, 3.05) is 24.6 Å². The molecule has 1 unspecified atom stereocenters. The van der Waals surface area contributed by atoms with Gasteiger partial charge in [0.1, 0.15) is 34.5 Å². The number of hydrogen-bond donors (Lipinski definition) is 0. The van der Waals surface area contributed by atoms with E-state index in [0.717, 1.165) is 54.1 Å². The molecule has 1 saturated heterocycles. The molecular formula is C18H22N6O2S.